The van der Waals surface area contributed by atoms with Crippen LogP contribution in [-0.2, 0) is 11.3 Å². The van der Waals surface area contributed by atoms with Crippen molar-refractivity contribution in [2.45, 2.75) is 18.4 Å². The van der Waals surface area contributed by atoms with E-state index in [1.54, 1.807) is 29.5 Å². The molecule has 1 saturated heterocycles. The molecular weight excluding hydrogens is 345 g/mol. The fourth-order valence-electron chi connectivity index (χ4n) is 2.66. The topological polar surface area (TPSA) is 36.4 Å². The molecule has 24 heavy (non-hydrogen) atoms. The van der Waals surface area contributed by atoms with E-state index in [4.69, 9.17) is 0 Å². The second-order valence-corrected chi connectivity index (χ2v) is 7.81. The third-order valence-corrected chi connectivity index (χ3v) is 5.82. The van der Waals surface area contributed by atoms with Gasteiger partial charge in [0, 0.05) is 43.0 Å². The van der Waals surface area contributed by atoms with Crippen LogP contribution in [0.3, 0.4) is 0 Å². The van der Waals surface area contributed by atoms with E-state index < -0.39 is 0 Å². The molecule has 3 rings (SSSR count). The maximum absolute atomic E-state index is 13.6. The van der Waals surface area contributed by atoms with Crippen LogP contribution >= 0.6 is 23.1 Å². The summed E-state index contributed by atoms with van der Waals surface area (Å²) in [6.07, 6.45) is 0. The molecule has 2 heterocycles. The molecule has 2 aromatic rings. The highest BCUT2D eigenvalue weighted by Gasteiger charge is 2.21. The molecule has 0 unspecified atom stereocenters. The highest BCUT2D eigenvalue weighted by Crippen LogP contribution is 2.22. The quantitative estimate of drug-likeness (QED) is 0.763. The highest BCUT2D eigenvalue weighted by atomic mass is 32.2. The van der Waals surface area contributed by atoms with Crippen molar-refractivity contribution in [3.05, 3.63) is 46.2 Å². The smallest absolute Gasteiger partial charge is 0.233 e. The number of amides is 1. The van der Waals surface area contributed by atoms with Crippen LogP contribution in [0.4, 0.5) is 4.39 Å². The highest BCUT2D eigenvalue weighted by molar-refractivity contribution is 8.00. The number of rotatable bonds is 5. The number of aromatic nitrogens is 1. The van der Waals surface area contributed by atoms with E-state index in [1.807, 2.05) is 11.8 Å². The molecule has 7 heteroatoms. The number of thiazole rings is 1. The first-order valence-corrected chi connectivity index (χ1v) is 9.77. The number of aryl methyl sites for hydroxylation is 1. The van der Waals surface area contributed by atoms with Crippen molar-refractivity contribution < 1.29 is 9.18 Å². The van der Waals surface area contributed by atoms with Crippen LogP contribution in [0.25, 0.3) is 0 Å². The van der Waals surface area contributed by atoms with E-state index >= 15 is 0 Å². The molecule has 128 valence electrons. The number of benzene rings is 1. The SMILES string of the molecule is Cc1nc(CN2CCN(C(=O)CSc3ccccc3F)CC2)cs1. The summed E-state index contributed by atoms with van der Waals surface area (Å²) in [5, 5.41) is 3.18. The molecule has 0 spiro atoms. The van der Waals surface area contributed by atoms with Gasteiger partial charge in [-0.1, -0.05) is 12.1 Å². The second kappa shape index (κ2) is 8.09. The number of nitrogens with zero attached hydrogens (tertiary/aromatic N) is 3. The van der Waals surface area contributed by atoms with Crippen LogP contribution in [0, 0.1) is 12.7 Å². The molecule has 1 amide bonds. The summed E-state index contributed by atoms with van der Waals surface area (Å²) in [5.41, 5.74) is 1.10. The van der Waals surface area contributed by atoms with Gasteiger partial charge in [-0.15, -0.1) is 23.1 Å². The summed E-state index contributed by atoms with van der Waals surface area (Å²) in [5.74, 6) is 0.0951. The Morgan fingerprint density at radius 2 is 2.04 bits per heavy atom. The zero-order chi connectivity index (χ0) is 16.9. The van der Waals surface area contributed by atoms with Gasteiger partial charge in [0.05, 0.1) is 16.5 Å². The van der Waals surface area contributed by atoms with Gasteiger partial charge in [0.15, 0.2) is 0 Å². The predicted molar refractivity (Wildman–Crippen MR) is 95.8 cm³/mol. The minimum absolute atomic E-state index is 0.0763. The Morgan fingerprint density at radius 3 is 2.71 bits per heavy atom. The van der Waals surface area contributed by atoms with Gasteiger partial charge in [-0.2, -0.15) is 0 Å². The molecular formula is C17H20FN3OS2. The molecule has 0 saturated carbocycles. The maximum Gasteiger partial charge on any atom is 0.233 e. The van der Waals surface area contributed by atoms with Gasteiger partial charge in [-0.3, -0.25) is 9.69 Å². The number of hydrogen-bond acceptors (Lipinski definition) is 5. The van der Waals surface area contributed by atoms with E-state index in [2.05, 4.69) is 15.3 Å². The Balaban J connectivity index is 1.44. The normalized spacial score (nSPS) is 15.7. The Bertz CT molecular complexity index is 699. The lowest BCUT2D eigenvalue weighted by Crippen LogP contribution is -2.48. The zero-order valence-corrected chi connectivity index (χ0v) is 15.2. The van der Waals surface area contributed by atoms with Crippen LogP contribution < -0.4 is 0 Å². The van der Waals surface area contributed by atoms with Crippen molar-refractivity contribution in [2.24, 2.45) is 0 Å². The summed E-state index contributed by atoms with van der Waals surface area (Å²) in [7, 11) is 0. The van der Waals surface area contributed by atoms with E-state index in [0.717, 1.165) is 43.4 Å². The Labute approximate surface area is 149 Å². The second-order valence-electron chi connectivity index (χ2n) is 5.73. The van der Waals surface area contributed by atoms with Gasteiger partial charge in [0.1, 0.15) is 5.82 Å². The first kappa shape index (κ1) is 17.4. The van der Waals surface area contributed by atoms with E-state index in [9.17, 15) is 9.18 Å². The lowest BCUT2D eigenvalue weighted by Gasteiger charge is -2.34. The van der Waals surface area contributed by atoms with E-state index in [1.165, 1.54) is 17.8 Å². The largest absolute Gasteiger partial charge is 0.339 e. The molecule has 1 aliphatic rings. The maximum atomic E-state index is 13.6. The number of piperazine rings is 1. The van der Waals surface area contributed by atoms with Crippen molar-refractivity contribution in [1.29, 1.82) is 0 Å². The number of halogens is 1. The monoisotopic (exact) mass is 365 g/mol. The molecule has 1 aromatic carbocycles. The molecule has 1 aliphatic heterocycles. The van der Waals surface area contributed by atoms with Gasteiger partial charge in [-0.25, -0.2) is 9.37 Å². The van der Waals surface area contributed by atoms with Crippen LogP contribution in [0.15, 0.2) is 34.5 Å². The van der Waals surface area contributed by atoms with Crippen LogP contribution in [0.2, 0.25) is 0 Å². The molecule has 0 atom stereocenters. The molecule has 4 nitrogen and oxygen atoms in total. The molecule has 1 aromatic heterocycles. The van der Waals surface area contributed by atoms with Crippen molar-refractivity contribution in [3.8, 4) is 0 Å². The fourth-order valence-corrected chi connectivity index (χ4v) is 4.10. The standard InChI is InChI=1S/C17H20FN3OS2/c1-13-19-14(11-23-13)10-20-6-8-21(9-7-20)17(22)12-24-16-5-3-2-4-15(16)18/h2-5,11H,6-10,12H2,1H3. The summed E-state index contributed by atoms with van der Waals surface area (Å²) >= 11 is 2.93. The number of hydrogen-bond donors (Lipinski definition) is 0. The average Bonchev–Trinajstić information content (AvgIpc) is 2.99. The lowest BCUT2D eigenvalue weighted by atomic mass is 10.3. The minimum Gasteiger partial charge on any atom is -0.339 e. The van der Waals surface area contributed by atoms with Gasteiger partial charge >= 0.3 is 0 Å². The van der Waals surface area contributed by atoms with Crippen LogP contribution in [0.5, 0.6) is 0 Å². The summed E-state index contributed by atoms with van der Waals surface area (Å²) in [6.45, 7) is 6.01. The number of carbonyl (C=O) groups excluding carboxylic acids is 1. The Kier molecular flexibility index (Phi) is 5.86. The molecule has 1 fully saturated rings. The Morgan fingerprint density at radius 1 is 1.29 bits per heavy atom. The van der Waals surface area contributed by atoms with Crippen LogP contribution in [-0.4, -0.2) is 52.6 Å². The number of thioether (sulfide) groups is 1. The van der Waals surface area contributed by atoms with Crippen molar-refractivity contribution in [1.82, 2.24) is 14.8 Å². The summed E-state index contributed by atoms with van der Waals surface area (Å²) < 4.78 is 13.6. The third kappa shape index (κ3) is 4.55. The molecule has 0 aliphatic carbocycles. The first-order valence-electron chi connectivity index (χ1n) is 7.90. The van der Waals surface area contributed by atoms with Crippen LogP contribution in [0.1, 0.15) is 10.7 Å². The Hall–Kier alpha value is -1.44. The molecule has 0 radical (unpaired) electrons. The van der Waals surface area contributed by atoms with Crippen molar-refractivity contribution in [3.63, 3.8) is 0 Å². The lowest BCUT2D eigenvalue weighted by molar-refractivity contribution is -0.130. The van der Waals surface area contributed by atoms with E-state index in [0.29, 0.717) is 4.90 Å². The first-order chi connectivity index (χ1) is 11.6. The molecule has 0 bridgehead atoms. The van der Waals surface area contributed by atoms with Gasteiger partial charge in [0.25, 0.3) is 0 Å². The van der Waals surface area contributed by atoms with Crippen molar-refractivity contribution >= 4 is 29.0 Å². The minimum atomic E-state index is -0.265. The van der Waals surface area contributed by atoms with Crippen molar-refractivity contribution in [2.75, 3.05) is 31.9 Å². The average molecular weight is 365 g/mol. The molecule has 0 N–H and O–H groups in total. The summed E-state index contributed by atoms with van der Waals surface area (Å²) in [4.78, 5) is 21.5. The van der Waals surface area contributed by atoms with E-state index in [-0.39, 0.29) is 17.5 Å². The fraction of sp³-hybridized carbons (Fsp3) is 0.412. The van der Waals surface area contributed by atoms with Gasteiger partial charge in [-0.05, 0) is 19.1 Å². The summed E-state index contributed by atoms with van der Waals surface area (Å²) in [6, 6.07) is 6.58. The number of carbonyl (C=O) groups is 1. The third-order valence-electron chi connectivity index (χ3n) is 3.96. The predicted octanol–water partition coefficient (Wildman–Crippen LogP) is 3.03. The van der Waals surface area contributed by atoms with Gasteiger partial charge < -0.3 is 4.90 Å². The zero-order valence-electron chi connectivity index (χ0n) is 13.6. The van der Waals surface area contributed by atoms with Gasteiger partial charge in [0.2, 0.25) is 5.91 Å².